The average molecular weight is 378 g/mol. The van der Waals surface area contributed by atoms with Gasteiger partial charge in [0.2, 0.25) is 0 Å². The zero-order chi connectivity index (χ0) is 16.8. The van der Waals surface area contributed by atoms with Crippen molar-refractivity contribution in [1.82, 2.24) is 5.32 Å². The third-order valence-electron chi connectivity index (χ3n) is 2.80. The monoisotopic (exact) mass is 377 g/mol. The summed E-state index contributed by atoms with van der Waals surface area (Å²) in [7, 11) is 0. The second-order valence-electron chi connectivity index (χ2n) is 4.48. The number of phenols is 1. The second kappa shape index (κ2) is 7.55. The largest absolute Gasteiger partial charge is 0.507 e. The molecule has 0 spiro atoms. The van der Waals surface area contributed by atoms with Crippen LogP contribution in [0.2, 0.25) is 0 Å². The van der Waals surface area contributed by atoms with Gasteiger partial charge in [-0.05, 0) is 30.3 Å². The van der Waals surface area contributed by atoms with Crippen molar-refractivity contribution in [3.05, 3.63) is 64.1 Å². The first-order valence-electron chi connectivity index (χ1n) is 6.52. The van der Waals surface area contributed by atoms with Gasteiger partial charge < -0.3 is 9.84 Å². The van der Waals surface area contributed by atoms with Crippen LogP contribution in [-0.2, 0) is 9.53 Å². The SMILES string of the molecule is O=C(COC(=O)c1cc(Br)ccc1O)NC(=O)c1ccccc1. The van der Waals surface area contributed by atoms with Crippen LogP contribution in [0.3, 0.4) is 0 Å². The van der Waals surface area contributed by atoms with E-state index >= 15 is 0 Å². The number of carbonyl (C=O) groups excluding carboxylic acids is 3. The lowest BCUT2D eigenvalue weighted by molar-refractivity contribution is -0.123. The van der Waals surface area contributed by atoms with E-state index in [1.807, 2.05) is 0 Å². The van der Waals surface area contributed by atoms with Gasteiger partial charge in [-0.3, -0.25) is 14.9 Å². The van der Waals surface area contributed by atoms with E-state index in [2.05, 4.69) is 21.2 Å². The molecule has 118 valence electrons. The fourth-order valence-electron chi connectivity index (χ4n) is 1.71. The minimum Gasteiger partial charge on any atom is -0.507 e. The summed E-state index contributed by atoms with van der Waals surface area (Å²) in [5.41, 5.74) is 0.235. The Balaban J connectivity index is 1.90. The summed E-state index contributed by atoms with van der Waals surface area (Å²) >= 11 is 3.16. The smallest absolute Gasteiger partial charge is 0.342 e. The Morgan fingerprint density at radius 2 is 1.78 bits per heavy atom. The van der Waals surface area contributed by atoms with Crippen LogP contribution in [-0.4, -0.2) is 29.5 Å². The minimum absolute atomic E-state index is 0.0819. The van der Waals surface area contributed by atoms with E-state index in [-0.39, 0.29) is 11.3 Å². The molecule has 0 fully saturated rings. The molecule has 0 saturated carbocycles. The van der Waals surface area contributed by atoms with Gasteiger partial charge in [0.05, 0.1) is 0 Å². The van der Waals surface area contributed by atoms with Crippen molar-refractivity contribution >= 4 is 33.7 Å². The summed E-state index contributed by atoms with van der Waals surface area (Å²) in [5.74, 6) is -2.48. The van der Waals surface area contributed by atoms with Gasteiger partial charge in [-0.25, -0.2) is 4.79 Å². The second-order valence-corrected chi connectivity index (χ2v) is 5.40. The number of amides is 2. The number of rotatable bonds is 4. The molecule has 7 heteroatoms. The fourth-order valence-corrected chi connectivity index (χ4v) is 2.07. The van der Waals surface area contributed by atoms with Gasteiger partial charge in [-0.2, -0.15) is 0 Å². The third-order valence-corrected chi connectivity index (χ3v) is 3.30. The maximum absolute atomic E-state index is 11.8. The zero-order valence-electron chi connectivity index (χ0n) is 11.8. The number of aromatic hydroxyl groups is 1. The number of phenolic OH excluding ortho intramolecular Hbond substituents is 1. The standard InChI is InChI=1S/C16H12BrNO5/c17-11-6-7-13(19)12(8-11)16(22)23-9-14(20)18-15(21)10-4-2-1-3-5-10/h1-8,19H,9H2,(H,18,20,21). The number of hydrogen-bond donors (Lipinski definition) is 2. The normalized spacial score (nSPS) is 9.96. The highest BCUT2D eigenvalue weighted by molar-refractivity contribution is 9.10. The number of carbonyl (C=O) groups is 3. The Bertz CT molecular complexity index is 745. The number of imide groups is 1. The van der Waals surface area contributed by atoms with Gasteiger partial charge in [-0.1, -0.05) is 34.1 Å². The first-order valence-corrected chi connectivity index (χ1v) is 7.31. The third kappa shape index (κ3) is 4.65. The molecule has 0 heterocycles. The van der Waals surface area contributed by atoms with Gasteiger partial charge in [0.25, 0.3) is 11.8 Å². The van der Waals surface area contributed by atoms with Crippen molar-refractivity contribution in [1.29, 1.82) is 0 Å². The van der Waals surface area contributed by atoms with Crippen molar-refractivity contribution in [2.45, 2.75) is 0 Å². The maximum Gasteiger partial charge on any atom is 0.342 e. The summed E-state index contributed by atoms with van der Waals surface area (Å²) in [6.45, 7) is -0.636. The van der Waals surface area contributed by atoms with E-state index in [4.69, 9.17) is 4.74 Å². The summed E-state index contributed by atoms with van der Waals surface area (Å²) in [4.78, 5) is 35.2. The molecule has 2 aromatic carbocycles. The lowest BCUT2D eigenvalue weighted by Gasteiger charge is -2.07. The molecule has 0 aliphatic heterocycles. The van der Waals surface area contributed by atoms with Crippen LogP contribution in [0.4, 0.5) is 0 Å². The number of esters is 1. The number of halogens is 1. The van der Waals surface area contributed by atoms with Gasteiger partial charge in [0.15, 0.2) is 6.61 Å². The molecule has 23 heavy (non-hydrogen) atoms. The molecule has 2 amide bonds. The van der Waals surface area contributed by atoms with E-state index in [9.17, 15) is 19.5 Å². The topological polar surface area (TPSA) is 92.7 Å². The average Bonchev–Trinajstić information content (AvgIpc) is 2.55. The number of hydrogen-bond acceptors (Lipinski definition) is 5. The summed E-state index contributed by atoms with van der Waals surface area (Å²) < 4.78 is 5.35. The van der Waals surface area contributed by atoms with E-state index in [0.29, 0.717) is 10.0 Å². The van der Waals surface area contributed by atoms with Crippen LogP contribution in [0, 0.1) is 0 Å². The lowest BCUT2D eigenvalue weighted by atomic mass is 10.2. The van der Waals surface area contributed by atoms with Crippen LogP contribution in [0.5, 0.6) is 5.75 Å². The molecule has 0 unspecified atom stereocenters. The van der Waals surface area contributed by atoms with Crippen LogP contribution in [0.25, 0.3) is 0 Å². The fraction of sp³-hybridized carbons (Fsp3) is 0.0625. The van der Waals surface area contributed by atoms with Crippen molar-refractivity contribution in [2.75, 3.05) is 6.61 Å². The lowest BCUT2D eigenvalue weighted by Crippen LogP contribution is -2.34. The van der Waals surface area contributed by atoms with Crippen molar-refractivity contribution in [3.63, 3.8) is 0 Å². The van der Waals surface area contributed by atoms with E-state index in [1.54, 1.807) is 36.4 Å². The van der Waals surface area contributed by atoms with Gasteiger partial charge in [0, 0.05) is 10.0 Å². The summed E-state index contributed by atoms with van der Waals surface area (Å²) in [6.07, 6.45) is 0. The predicted octanol–water partition coefficient (Wildman–Crippen LogP) is 2.27. The number of nitrogens with one attached hydrogen (secondary N) is 1. The van der Waals surface area contributed by atoms with E-state index in [1.165, 1.54) is 12.1 Å². The molecule has 0 atom stereocenters. The Morgan fingerprint density at radius 3 is 2.48 bits per heavy atom. The minimum atomic E-state index is -0.869. The van der Waals surface area contributed by atoms with Crippen molar-refractivity contribution in [2.24, 2.45) is 0 Å². The first kappa shape index (κ1) is 16.7. The Morgan fingerprint density at radius 1 is 1.09 bits per heavy atom. The van der Waals surface area contributed by atoms with Crippen molar-refractivity contribution in [3.8, 4) is 5.75 Å². The molecule has 0 aliphatic carbocycles. The molecular formula is C16H12BrNO5. The molecule has 2 aromatic rings. The predicted molar refractivity (Wildman–Crippen MR) is 85.0 cm³/mol. The summed E-state index contributed by atoms with van der Waals surface area (Å²) in [5, 5.41) is 11.7. The molecular weight excluding hydrogens is 366 g/mol. The van der Waals surface area contributed by atoms with Crippen LogP contribution < -0.4 is 5.32 Å². The van der Waals surface area contributed by atoms with Crippen molar-refractivity contribution < 1.29 is 24.2 Å². The van der Waals surface area contributed by atoms with Crippen LogP contribution >= 0.6 is 15.9 Å². The maximum atomic E-state index is 11.8. The molecule has 0 radical (unpaired) electrons. The number of benzene rings is 2. The van der Waals surface area contributed by atoms with Gasteiger partial charge in [-0.15, -0.1) is 0 Å². The molecule has 2 N–H and O–H groups in total. The molecule has 0 bridgehead atoms. The highest BCUT2D eigenvalue weighted by Crippen LogP contribution is 2.22. The molecule has 0 saturated heterocycles. The highest BCUT2D eigenvalue weighted by atomic mass is 79.9. The molecule has 6 nitrogen and oxygen atoms in total. The van der Waals surface area contributed by atoms with Crippen LogP contribution in [0.1, 0.15) is 20.7 Å². The van der Waals surface area contributed by atoms with E-state index < -0.39 is 24.4 Å². The Hall–Kier alpha value is -2.67. The summed E-state index contributed by atoms with van der Waals surface area (Å²) in [6, 6.07) is 12.4. The highest BCUT2D eigenvalue weighted by Gasteiger charge is 2.16. The molecule has 0 aromatic heterocycles. The molecule has 2 rings (SSSR count). The Kier molecular flexibility index (Phi) is 5.48. The first-order chi connectivity index (χ1) is 11.0. The van der Waals surface area contributed by atoms with E-state index in [0.717, 1.165) is 0 Å². The Labute approximate surface area is 140 Å². The zero-order valence-corrected chi connectivity index (χ0v) is 13.4. The number of ether oxygens (including phenoxy) is 1. The van der Waals surface area contributed by atoms with Gasteiger partial charge >= 0.3 is 5.97 Å². The van der Waals surface area contributed by atoms with Crippen LogP contribution in [0.15, 0.2) is 53.0 Å². The quantitative estimate of drug-likeness (QED) is 0.797. The molecule has 0 aliphatic rings. The van der Waals surface area contributed by atoms with Gasteiger partial charge in [0.1, 0.15) is 11.3 Å².